The fourth-order valence-electron chi connectivity index (χ4n) is 3.91. The Balaban J connectivity index is 1.88. The molecule has 4 rings (SSSR count). The first kappa shape index (κ1) is 24.0. The second kappa shape index (κ2) is 10.5. The number of nitrogens with zero attached hydrogens (tertiary/aromatic N) is 2. The maximum absolute atomic E-state index is 13.7. The number of methoxy groups -OCH3 is 1. The molecule has 7 nitrogen and oxygen atoms in total. The van der Waals surface area contributed by atoms with Gasteiger partial charge in [0.2, 0.25) is 0 Å². The van der Waals surface area contributed by atoms with Crippen molar-refractivity contribution in [3.05, 3.63) is 90.6 Å². The van der Waals surface area contributed by atoms with Crippen molar-refractivity contribution in [2.75, 3.05) is 20.3 Å². The number of carbonyl (C=O) groups is 1. The summed E-state index contributed by atoms with van der Waals surface area (Å²) in [5.74, 6) is 3.12. The summed E-state index contributed by atoms with van der Waals surface area (Å²) < 4.78 is 18.3. The molecule has 0 radical (unpaired) electrons. The van der Waals surface area contributed by atoms with E-state index >= 15 is 0 Å². The largest absolute Gasteiger partial charge is 0.496 e. The number of terminal acetylenes is 1. The monoisotopic (exact) mass is 488 g/mol. The van der Waals surface area contributed by atoms with Crippen molar-refractivity contribution in [2.24, 2.45) is 4.99 Å². The van der Waals surface area contributed by atoms with E-state index in [1.807, 2.05) is 30.3 Å². The summed E-state index contributed by atoms with van der Waals surface area (Å²) in [4.78, 5) is 31.7. The maximum atomic E-state index is 13.7. The van der Waals surface area contributed by atoms with Gasteiger partial charge in [-0.1, -0.05) is 47.6 Å². The molecule has 1 aliphatic rings. The van der Waals surface area contributed by atoms with E-state index in [1.165, 1.54) is 15.9 Å². The zero-order valence-corrected chi connectivity index (χ0v) is 20.4. The second-order valence-corrected chi connectivity index (χ2v) is 8.62. The molecule has 178 valence electrons. The van der Waals surface area contributed by atoms with Crippen LogP contribution >= 0.6 is 11.3 Å². The quantitative estimate of drug-likeness (QED) is 0.378. The Morgan fingerprint density at radius 2 is 1.97 bits per heavy atom. The predicted molar refractivity (Wildman–Crippen MR) is 134 cm³/mol. The van der Waals surface area contributed by atoms with Crippen molar-refractivity contribution in [1.82, 2.24) is 4.57 Å². The van der Waals surface area contributed by atoms with Gasteiger partial charge in [0.1, 0.15) is 24.1 Å². The highest BCUT2D eigenvalue weighted by atomic mass is 32.1. The van der Waals surface area contributed by atoms with Crippen LogP contribution in [0.25, 0.3) is 6.08 Å². The summed E-state index contributed by atoms with van der Waals surface area (Å²) in [6, 6.07) is 13.9. The van der Waals surface area contributed by atoms with Crippen LogP contribution in [0.2, 0.25) is 0 Å². The molecule has 2 aromatic carbocycles. The standard InChI is InChI=1S/C27H24N2O5S/c1-5-15-34-19-13-11-18(12-14-19)16-22-25(30)29-24(20-9-7-8-10-21(20)32-4)23(26(31)33-6-2)17(3)28-27(29)35-22/h1,7-14,16,24H,6,15H2,2-4H3/b22-16-/t24-/m1/s1. The molecule has 0 N–H and O–H groups in total. The number of esters is 1. The summed E-state index contributed by atoms with van der Waals surface area (Å²) in [6.45, 7) is 3.88. The van der Waals surface area contributed by atoms with Gasteiger partial charge < -0.3 is 14.2 Å². The molecule has 0 amide bonds. The minimum atomic E-state index is -0.733. The minimum absolute atomic E-state index is 0.184. The first-order valence-electron chi connectivity index (χ1n) is 11.0. The van der Waals surface area contributed by atoms with Gasteiger partial charge in [0.25, 0.3) is 5.56 Å². The lowest BCUT2D eigenvalue weighted by atomic mass is 9.95. The highest BCUT2D eigenvalue weighted by molar-refractivity contribution is 7.07. The van der Waals surface area contributed by atoms with E-state index in [1.54, 1.807) is 45.2 Å². The molecule has 1 aromatic heterocycles. The molecule has 35 heavy (non-hydrogen) atoms. The Labute approximate surface area is 206 Å². The summed E-state index contributed by atoms with van der Waals surface area (Å²) in [5.41, 5.74) is 2.05. The van der Waals surface area contributed by atoms with Crippen molar-refractivity contribution in [3.63, 3.8) is 0 Å². The fraction of sp³-hybridized carbons (Fsp3) is 0.222. The van der Waals surface area contributed by atoms with Crippen LogP contribution in [0.5, 0.6) is 11.5 Å². The maximum Gasteiger partial charge on any atom is 0.338 e. The molecule has 1 atom stereocenters. The second-order valence-electron chi connectivity index (χ2n) is 7.61. The normalized spacial score (nSPS) is 15.1. The zero-order chi connectivity index (χ0) is 24.9. The number of aromatic nitrogens is 1. The van der Waals surface area contributed by atoms with Crippen molar-refractivity contribution < 1.29 is 19.0 Å². The molecule has 0 unspecified atom stereocenters. The van der Waals surface area contributed by atoms with Crippen LogP contribution in [0, 0.1) is 12.3 Å². The average molecular weight is 489 g/mol. The molecule has 0 spiro atoms. The first-order valence-corrected chi connectivity index (χ1v) is 11.8. The SMILES string of the molecule is C#CCOc1ccc(/C=c2\sc3n(c2=O)[C@H](c2ccccc2OC)C(C(=O)OCC)=C(C)N=3)cc1. The van der Waals surface area contributed by atoms with Gasteiger partial charge in [0.05, 0.1) is 29.5 Å². The Bertz CT molecular complexity index is 1510. The Morgan fingerprint density at radius 1 is 1.23 bits per heavy atom. The molecule has 0 aliphatic carbocycles. The van der Waals surface area contributed by atoms with Gasteiger partial charge in [-0.2, -0.15) is 0 Å². The number of para-hydroxylation sites is 1. The number of rotatable bonds is 7. The molecule has 0 bridgehead atoms. The van der Waals surface area contributed by atoms with E-state index < -0.39 is 12.0 Å². The Hall–Kier alpha value is -4.09. The number of hydrogen-bond donors (Lipinski definition) is 0. The summed E-state index contributed by atoms with van der Waals surface area (Å²) in [5, 5.41) is 0. The lowest BCUT2D eigenvalue weighted by molar-refractivity contribution is -0.139. The molecule has 0 saturated heterocycles. The van der Waals surface area contributed by atoms with E-state index in [9.17, 15) is 9.59 Å². The van der Waals surface area contributed by atoms with Gasteiger partial charge in [-0.25, -0.2) is 9.79 Å². The van der Waals surface area contributed by atoms with Crippen molar-refractivity contribution in [1.29, 1.82) is 0 Å². The van der Waals surface area contributed by atoms with Gasteiger partial charge in [0, 0.05) is 5.56 Å². The van der Waals surface area contributed by atoms with Crippen LogP contribution in [0.3, 0.4) is 0 Å². The van der Waals surface area contributed by atoms with Crippen LogP contribution < -0.4 is 24.4 Å². The first-order chi connectivity index (χ1) is 17.0. The Kier molecular flexibility index (Phi) is 7.18. The van der Waals surface area contributed by atoms with E-state index in [0.717, 1.165) is 5.56 Å². The highest BCUT2D eigenvalue weighted by Crippen LogP contribution is 2.35. The molecular weight excluding hydrogens is 464 g/mol. The fourth-order valence-corrected chi connectivity index (χ4v) is 4.96. The van der Waals surface area contributed by atoms with Crippen LogP contribution in [0.15, 0.2) is 69.6 Å². The van der Waals surface area contributed by atoms with Crippen molar-refractivity contribution in [2.45, 2.75) is 19.9 Å². The lowest BCUT2D eigenvalue weighted by Crippen LogP contribution is -2.40. The number of fused-ring (bicyclic) bond motifs is 1. The molecule has 0 fully saturated rings. The third-order valence-electron chi connectivity index (χ3n) is 5.45. The number of carbonyl (C=O) groups excluding carboxylic acids is 1. The minimum Gasteiger partial charge on any atom is -0.496 e. The summed E-state index contributed by atoms with van der Waals surface area (Å²) in [7, 11) is 1.56. The van der Waals surface area contributed by atoms with E-state index in [4.69, 9.17) is 20.6 Å². The van der Waals surface area contributed by atoms with Crippen molar-refractivity contribution in [3.8, 4) is 23.8 Å². The molecule has 0 saturated carbocycles. The molecular formula is C27H24N2O5S. The third-order valence-corrected chi connectivity index (χ3v) is 6.43. The third kappa shape index (κ3) is 4.77. The van der Waals surface area contributed by atoms with Gasteiger partial charge >= 0.3 is 5.97 Å². The van der Waals surface area contributed by atoms with E-state index in [2.05, 4.69) is 10.9 Å². The topological polar surface area (TPSA) is 79.1 Å². The number of allylic oxidation sites excluding steroid dienone is 1. The van der Waals surface area contributed by atoms with Crippen LogP contribution in [-0.2, 0) is 9.53 Å². The van der Waals surface area contributed by atoms with Crippen LogP contribution in [0.4, 0.5) is 0 Å². The van der Waals surface area contributed by atoms with Gasteiger partial charge in [-0.15, -0.1) is 6.42 Å². The lowest BCUT2D eigenvalue weighted by Gasteiger charge is -2.25. The molecule has 2 heterocycles. The average Bonchev–Trinajstić information content (AvgIpc) is 3.17. The number of ether oxygens (including phenoxy) is 3. The van der Waals surface area contributed by atoms with Gasteiger partial charge in [-0.3, -0.25) is 9.36 Å². The highest BCUT2D eigenvalue weighted by Gasteiger charge is 2.34. The smallest absolute Gasteiger partial charge is 0.338 e. The van der Waals surface area contributed by atoms with E-state index in [0.29, 0.717) is 37.7 Å². The Morgan fingerprint density at radius 3 is 2.66 bits per heavy atom. The molecule has 3 aromatic rings. The number of hydrogen-bond acceptors (Lipinski definition) is 7. The number of benzene rings is 2. The van der Waals surface area contributed by atoms with Gasteiger partial charge in [-0.05, 0) is 43.7 Å². The molecule has 1 aliphatic heterocycles. The molecule has 8 heteroatoms. The van der Waals surface area contributed by atoms with Crippen LogP contribution in [0.1, 0.15) is 31.0 Å². The number of thiazole rings is 1. The van der Waals surface area contributed by atoms with Crippen LogP contribution in [-0.4, -0.2) is 30.9 Å². The zero-order valence-electron chi connectivity index (χ0n) is 19.6. The van der Waals surface area contributed by atoms with Gasteiger partial charge in [0.15, 0.2) is 4.80 Å². The summed E-state index contributed by atoms with van der Waals surface area (Å²) >= 11 is 1.26. The predicted octanol–water partition coefficient (Wildman–Crippen LogP) is 2.82. The summed E-state index contributed by atoms with van der Waals surface area (Å²) in [6.07, 6.45) is 7.02. The van der Waals surface area contributed by atoms with Crippen molar-refractivity contribution >= 4 is 23.4 Å². The van der Waals surface area contributed by atoms with E-state index in [-0.39, 0.29) is 18.8 Å².